The third-order valence-electron chi connectivity index (χ3n) is 6.34. The number of phosphoric ester groups is 1. The number of hydrogen-bond donors (Lipinski definition) is 2. The minimum absolute atomic E-state index is 0.274. The summed E-state index contributed by atoms with van der Waals surface area (Å²) >= 11 is 0. The van der Waals surface area contributed by atoms with Crippen LogP contribution < -0.4 is 4.74 Å². The summed E-state index contributed by atoms with van der Waals surface area (Å²) in [5.41, 5.74) is -0.100. The standard InChI is InChI=1S/C25H35N4O5P/c1-9-20-22(34-19-12-17(14-26)11-18(13-19)15-27)21(10-2)29(28-20)25(23(3,4)5,24(6,7)8)16-33-35(30,31)32/h11-13H,9-10,16H2,1-8H3,(H2,30,31,32). The molecule has 0 unspecified atom stereocenters. The molecule has 0 aliphatic rings. The molecule has 0 fully saturated rings. The lowest BCUT2D eigenvalue weighted by Crippen LogP contribution is -2.58. The lowest BCUT2D eigenvalue weighted by atomic mass is 9.60. The van der Waals surface area contributed by atoms with Gasteiger partial charge in [0.25, 0.3) is 0 Å². The first-order valence-corrected chi connectivity index (χ1v) is 13.0. The van der Waals surface area contributed by atoms with Crippen LogP contribution in [0.25, 0.3) is 0 Å². The largest absolute Gasteiger partial charge is 0.469 e. The maximum absolute atomic E-state index is 11.8. The van der Waals surface area contributed by atoms with Crippen molar-refractivity contribution in [3.63, 3.8) is 0 Å². The predicted octanol–water partition coefficient (Wildman–Crippen LogP) is 5.44. The van der Waals surface area contributed by atoms with Crippen molar-refractivity contribution in [2.24, 2.45) is 10.8 Å². The Morgan fingerprint density at radius 3 is 1.86 bits per heavy atom. The molecule has 9 nitrogen and oxygen atoms in total. The van der Waals surface area contributed by atoms with Crippen LogP contribution in [0.5, 0.6) is 11.5 Å². The molecule has 190 valence electrons. The Bertz CT molecular complexity index is 1160. The van der Waals surface area contributed by atoms with E-state index in [0.717, 1.165) is 5.69 Å². The first kappa shape index (κ1) is 28.6. The van der Waals surface area contributed by atoms with E-state index in [4.69, 9.17) is 14.4 Å². The second-order valence-corrected chi connectivity index (χ2v) is 11.8. The Balaban J connectivity index is 2.85. The van der Waals surface area contributed by atoms with Crippen molar-refractivity contribution in [3.8, 4) is 23.6 Å². The fourth-order valence-electron chi connectivity index (χ4n) is 4.80. The summed E-state index contributed by atoms with van der Waals surface area (Å²) in [6.07, 6.45) is 1.04. The molecule has 0 aliphatic heterocycles. The molecule has 0 bridgehead atoms. The summed E-state index contributed by atoms with van der Waals surface area (Å²) in [4.78, 5) is 19.1. The van der Waals surface area contributed by atoms with Gasteiger partial charge < -0.3 is 14.5 Å². The van der Waals surface area contributed by atoms with Gasteiger partial charge in [-0.1, -0.05) is 55.4 Å². The van der Waals surface area contributed by atoms with Gasteiger partial charge in [-0.3, -0.25) is 9.21 Å². The van der Waals surface area contributed by atoms with E-state index < -0.39 is 24.2 Å². The first-order chi connectivity index (χ1) is 16.0. The van der Waals surface area contributed by atoms with Crippen molar-refractivity contribution in [3.05, 3.63) is 40.7 Å². The fourth-order valence-corrected chi connectivity index (χ4v) is 5.16. The summed E-state index contributed by atoms with van der Waals surface area (Å²) in [7, 11) is -4.76. The number of ether oxygens (including phenoxy) is 1. The molecule has 1 aromatic carbocycles. The van der Waals surface area contributed by atoms with Crippen LogP contribution in [0.15, 0.2) is 18.2 Å². The molecule has 0 saturated heterocycles. The fraction of sp³-hybridized carbons (Fsp3) is 0.560. The minimum Gasteiger partial charge on any atom is -0.453 e. The quantitative estimate of drug-likeness (QED) is 0.455. The number of nitriles is 2. The zero-order valence-corrected chi connectivity index (χ0v) is 22.6. The Hall–Kier alpha value is -2.68. The number of aryl methyl sites for hydroxylation is 1. The molecule has 1 heterocycles. The van der Waals surface area contributed by atoms with Crippen molar-refractivity contribution in [2.75, 3.05) is 6.61 Å². The van der Waals surface area contributed by atoms with Gasteiger partial charge in [-0.05, 0) is 41.9 Å². The van der Waals surface area contributed by atoms with Crippen LogP contribution in [0, 0.1) is 33.5 Å². The minimum atomic E-state index is -4.76. The number of rotatable bonds is 8. The van der Waals surface area contributed by atoms with E-state index in [1.165, 1.54) is 6.07 Å². The van der Waals surface area contributed by atoms with E-state index in [1.54, 1.807) is 12.1 Å². The molecule has 0 radical (unpaired) electrons. The average Bonchev–Trinajstić information content (AvgIpc) is 3.08. The summed E-state index contributed by atoms with van der Waals surface area (Å²) in [6, 6.07) is 8.70. The number of nitrogens with zero attached hydrogens (tertiary/aromatic N) is 4. The van der Waals surface area contributed by atoms with E-state index in [1.807, 2.05) is 72.2 Å². The SMILES string of the molecule is CCc1nn(C(COP(=O)(O)O)(C(C)(C)C)C(C)(C)C)c(CC)c1Oc1cc(C#N)cc(C#N)c1. The first-order valence-electron chi connectivity index (χ1n) is 11.5. The molecule has 0 spiro atoms. The maximum Gasteiger partial charge on any atom is 0.469 e. The van der Waals surface area contributed by atoms with Gasteiger partial charge in [0, 0.05) is 0 Å². The molecule has 0 aliphatic carbocycles. The molecule has 0 amide bonds. The number of hydrogen-bond acceptors (Lipinski definition) is 6. The van der Waals surface area contributed by atoms with Crippen LogP contribution >= 0.6 is 7.82 Å². The zero-order chi connectivity index (χ0) is 26.8. The molecule has 0 saturated carbocycles. The summed E-state index contributed by atoms with van der Waals surface area (Å²) in [5, 5.41) is 23.6. The smallest absolute Gasteiger partial charge is 0.453 e. The van der Waals surface area contributed by atoms with Crippen LogP contribution in [-0.2, 0) is 27.5 Å². The molecule has 2 rings (SSSR count). The van der Waals surface area contributed by atoms with E-state index in [-0.39, 0.29) is 6.61 Å². The van der Waals surface area contributed by atoms with Gasteiger partial charge in [-0.25, -0.2) is 4.57 Å². The van der Waals surface area contributed by atoms with Gasteiger partial charge in [0.2, 0.25) is 0 Å². The monoisotopic (exact) mass is 502 g/mol. The lowest BCUT2D eigenvalue weighted by Gasteiger charge is -2.53. The third kappa shape index (κ3) is 5.77. The molecular formula is C25H35N4O5P. The summed E-state index contributed by atoms with van der Waals surface area (Å²) in [6.45, 7) is 15.6. The highest BCUT2D eigenvalue weighted by atomic mass is 31.2. The number of phosphoric acid groups is 1. The molecule has 2 aromatic rings. The number of benzene rings is 1. The van der Waals surface area contributed by atoms with Crippen molar-refractivity contribution in [1.29, 1.82) is 10.5 Å². The van der Waals surface area contributed by atoms with Gasteiger partial charge in [-0.15, -0.1) is 0 Å². The molecule has 1 aromatic heterocycles. The van der Waals surface area contributed by atoms with Crippen molar-refractivity contribution < 1.29 is 23.6 Å². The van der Waals surface area contributed by atoms with Gasteiger partial charge in [0.15, 0.2) is 5.75 Å². The highest BCUT2D eigenvalue weighted by Crippen LogP contribution is 2.54. The van der Waals surface area contributed by atoms with Crippen LogP contribution in [0.3, 0.4) is 0 Å². The van der Waals surface area contributed by atoms with Gasteiger partial charge >= 0.3 is 7.82 Å². The Labute approximate surface area is 207 Å². The lowest BCUT2D eigenvalue weighted by molar-refractivity contribution is -0.0703. The second-order valence-electron chi connectivity index (χ2n) is 10.5. The maximum atomic E-state index is 11.8. The van der Waals surface area contributed by atoms with E-state index in [9.17, 15) is 24.9 Å². The Morgan fingerprint density at radius 1 is 0.971 bits per heavy atom. The Kier molecular flexibility index (Phi) is 8.26. The molecule has 0 atom stereocenters. The predicted molar refractivity (Wildman–Crippen MR) is 132 cm³/mol. The topological polar surface area (TPSA) is 141 Å². The molecule has 10 heteroatoms. The summed E-state index contributed by atoms with van der Waals surface area (Å²) in [5.74, 6) is 0.844. The Morgan fingerprint density at radius 2 is 1.49 bits per heavy atom. The van der Waals surface area contributed by atoms with Gasteiger partial charge in [0.1, 0.15) is 11.4 Å². The van der Waals surface area contributed by atoms with E-state index >= 15 is 0 Å². The van der Waals surface area contributed by atoms with Gasteiger partial charge in [-0.2, -0.15) is 15.6 Å². The summed E-state index contributed by atoms with van der Waals surface area (Å²) < 4.78 is 25.0. The van der Waals surface area contributed by atoms with Crippen LogP contribution in [0.4, 0.5) is 0 Å². The molecular weight excluding hydrogens is 467 g/mol. The second kappa shape index (κ2) is 10.1. The van der Waals surface area contributed by atoms with Gasteiger partial charge in [0.05, 0.1) is 41.1 Å². The molecule has 2 N–H and O–H groups in total. The van der Waals surface area contributed by atoms with Crippen LogP contribution in [-0.4, -0.2) is 26.2 Å². The van der Waals surface area contributed by atoms with Crippen molar-refractivity contribution in [1.82, 2.24) is 9.78 Å². The van der Waals surface area contributed by atoms with Crippen molar-refractivity contribution in [2.45, 2.75) is 73.8 Å². The van der Waals surface area contributed by atoms with Crippen LogP contribution in [0.1, 0.15) is 77.9 Å². The molecule has 35 heavy (non-hydrogen) atoms. The average molecular weight is 503 g/mol. The third-order valence-corrected chi connectivity index (χ3v) is 6.81. The number of aromatic nitrogens is 2. The van der Waals surface area contributed by atoms with Crippen LogP contribution in [0.2, 0.25) is 0 Å². The van der Waals surface area contributed by atoms with E-state index in [0.29, 0.717) is 41.2 Å². The van der Waals surface area contributed by atoms with Crippen molar-refractivity contribution >= 4 is 7.82 Å². The normalized spacial score (nSPS) is 12.8. The highest BCUT2D eigenvalue weighted by Gasteiger charge is 2.55. The van der Waals surface area contributed by atoms with E-state index in [2.05, 4.69) is 0 Å². The highest BCUT2D eigenvalue weighted by molar-refractivity contribution is 7.46. The zero-order valence-electron chi connectivity index (χ0n) is 21.7.